The third-order valence-electron chi connectivity index (χ3n) is 3.40. The Bertz CT molecular complexity index is 450. The fraction of sp³-hybridized carbons (Fsp3) is 0.625. The fourth-order valence-corrected chi connectivity index (χ4v) is 2.39. The standard InChI is InChI=1S/C16H24O4/c1-16(2,3)20-8-7-19-14-9-11-5-6-12(18-4)10-13(11)15(14)17/h5-6,10,14-15,17H,7-9H2,1-4H3. The molecule has 0 bridgehead atoms. The van der Waals surface area contributed by atoms with Crippen LogP contribution in [0.4, 0.5) is 0 Å². The molecule has 1 aliphatic carbocycles. The van der Waals surface area contributed by atoms with Gasteiger partial charge in [-0.3, -0.25) is 0 Å². The van der Waals surface area contributed by atoms with Crippen LogP contribution in [0.15, 0.2) is 18.2 Å². The maximum Gasteiger partial charge on any atom is 0.119 e. The summed E-state index contributed by atoms with van der Waals surface area (Å²) in [6, 6.07) is 5.79. The highest BCUT2D eigenvalue weighted by molar-refractivity contribution is 5.41. The zero-order chi connectivity index (χ0) is 14.8. The zero-order valence-electron chi connectivity index (χ0n) is 12.7. The molecule has 0 radical (unpaired) electrons. The maximum atomic E-state index is 10.3. The monoisotopic (exact) mass is 280 g/mol. The first-order valence-electron chi connectivity index (χ1n) is 7.01. The number of rotatable bonds is 5. The van der Waals surface area contributed by atoms with Crippen molar-refractivity contribution in [3.8, 4) is 5.75 Å². The maximum absolute atomic E-state index is 10.3. The number of ether oxygens (including phenoxy) is 3. The highest BCUT2D eigenvalue weighted by atomic mass is 16.5. The zero-order valence-corrected chi connectivity index (χ0v) is 12.7. The molecule has 1 aliphatic rings. The van der Waals surface area contributed by atoms with Crippen LogP contribution in [0, 0.1) is 0 Å². The molecule has 0 saturated heterocycles. The normalized spacial score (nSPS) is 21.9. The number of aliphatic hydroxyl groups is 1. The number of fused-ring (bicyclic) bond motifs is 1. The molecule has 0 saturated carbocycles. The molecule has 4 nitrogen and oxygen atoms in total. The predicted octanol–water partition coefficient (Wildman–Crippen LogP) is 2.49. The van der Waals surface area contributed by atoms with Gasteiger partial charge in [-0.25, -0.2) is 0 Å². The van der Waals surface area contributed by atoms with Crippen molar-refractivity contribution < 1.29 is 19.3 Å². The van der Waals surface area contributed by atoms with Crippen LogP contribution < -0.4 is 4.74 Å². The van der Waals surface area contributed by atoms with Crippen molar-refractivity contribution in [1.29, 1.82) is 0 Å². The van der Waals surface area contributed by atoms with Crippen LogP contribution in [0.2, 0.25) is 0 Å². The van der Waals surface area contributed by atoms with E-state index < -0.39 is 6.10 Å². The van der Waals surface area contributed by atoms with E-state index in [1.54, 1.807) is 7.11 Å². The van der Waals surface area contributed by atoms with E-state index in [9.17, 15) is 5.11 Å². The van der Waals surface area contributed by atoms with Gasteiger partial charge in [0.05, 0.1) is 32.0 Å². The summed E-state index contributed by atoms with van der Waals surface area (Å²) in [4.78, 5) is 0. The fourth-order valence-electron chi connectivity index (χ4n) is 2.39. The number of benzene rings is 1. The molecule has 112 valence electrons. The molecule has 2 rings (SSSR count). The van der Waals surface area contributed by atoms with Gasteiger partial charge in [0.25, 0.3) is 0 Å². The van der Waals surface area contributed by atoms with Crippen LogP contribution in [0.3, 0.4) is 0 Å². The Balaban J connectivity index is 1.87. The average Bonchev–Trinajstić information content (AvgIpc) is 2.70. The Kier molecular flexibility index (Phi) is 4.68. The van der Waals surface area contributed by atoms with Gasteiger partial charge in [-0.15, -0.1) is 0 Å². The summed E-state index contributed by atoms with van der Waals surface area (Å²) in [5, 5.41) is 10.3. The molecular weight excluding hydrogens is 256 g/mol. The molecule has 0 fully saturated rings. The van der Waals surface area contributed by atoms with Gasteiger partial charge in [0.2, 0.25) is 0 Å². The van der Waals surface area contributed by atoms with Crippen molar-refractivity contribution in [3.05, 3.63) is 29.3 Å². The molecule has 0 heterocycles. The number of hydrogen-bond acceptors (Lipinski definition) is 4. The Morgan fingerprint density at radius 1 is 1.25 bits per heavy atom. The van der Waals surface area contributed by atoms with Gasteiger partial charge in [-0.1, -0.05) is 6.07 Å². The molecule has 20 heavy (non-hydrogen) atoms. The highest BCUT2D eigenvalue weighted by Crippen LogP contribution is 2.35. The van der Waals surface area contributed by atoms with Crippen LogP contribution in [0.1, 0.15) is 38.0 Å². The Hall–Kier alpha value is -1.10. The molecule has 1 N–H and O–H groups in total. The van der Waals surface area contributed by atoms with Crippen molar-refractivity contribution in [3.63, 3.8) is 0 Å². The molecule has 0 aliphatic heterocycles. The van der Waals surface area contributed by atoms with E-state index in [1.807, 2.05) is 39.0 Å². The van der Waals surface area contributed by atoms with Crippen molar-refractivity contribution in [2.45, 2.75) is 45.0 Å². The van der Waals surface area contributed by atoms with Crippen molar-refractivity contribution in [2.75, 3.05) is 20.3 Å². The molecule has 0 amide bonds. The molecule has 0 aromatic heterocycles. The van der Waals surface area contributed by atoms with Crippen molar-refractivity contribution in [1.82, 2.24) is 0 Å². The van der Waals surface area contributed by atoms with E-state index in [2.05, 4.69) is 0 Å². The summed E-state index contributed by atoms with van der Waals surface area (Å²) in [6.07, 6.45) is -0.0499. The van der Waals surface area contributed by atoms with Gasteiger partial charge in [0, 0.05) is 6.42 Å². The second-order valence-corrected chi connectivity index (χ2v) is 6.08. The lowest BCUT2D eigenvalue weighted by Gasteiger charge is -2.21. The topological polar surface area (TPSA) is 47.9 Å². The van der Waals surface area contributed by atoms with Gasteiger partial charge in [-0.2, -0.15) is 0 Å². The summed E-state index contributed by atoms with van der Waals surface area (Å²) >= 11 is 0. The van der Waals surface area contributed by atoms with Crippen LogP contribution in [0.25, 0.3) is 0 Å². The Labute approximate surface area is 120 Å². The summed E-state index contributed by atoms with van der Waals surface area (Å²) < 4.78 is 16.5. The minimum absolute atomic E-state index is 0.159. The third kappa shape index (κ3) is 3.72. The second-order valence-electron chi connectivity index (χ2n) is 6.08. The lowest BCUT2D eigenvalue weighted by Crippen LogP contribution is -2.25. The molecule has 4 heteroatoms. The van der Waals surface area contributed by atoms with Crippen molar-refractivity contribution in [2.24, 2.45) is 0 Å². The molecule has 0 spiro atoms. The van der Waals surface area contributed by atoms with Gasteiger partial charge >= 0.3 is 0 Å². The van der Waals surface area contributed by atoms with Crippen LogP contribution in [-0.2, 0) is 15.9 Å². The first-order valence-corrected chi connectivity index (χ1v) is 7.01. The average molecular weight is 280 g/mol. The molecule has 1 aromatic carbocycles. The highest BCUT2D eigenvalue weighted by Gasteiger charge is 2.32. The molecule has 2 atom stereocenters. The number of hydrogen-bond donors (Lipinski definition) is 1. The van der Waals surface area contributed by atoms with E-state index in [4.69, 9.17) is 14.2 Å². The lowest BCUT2D eigenvalue weighted by atomic mass is 10.1. The van der Waals surface area contributed by atoms with Gasteiger partial charge in [0.1, 0.15) is 11.9 Å². The first-order chi connectivity index (χ1) is 9.40. The smallest absolute Gasteiger partial charge is 0.119 e. The molecule has 2 unspecified atom stereocenters. The van der Waals surface area contributed by atoms with Crippen molar-refractivity contribution >= 4 is 0 Å². The summed E-state index contributed by atoms with van der Waals surface area (Å²) in [7, 11) is 1.63. The number of methoxy groups -OCH3 is 1. The van der Waals surface area contributed by atoms with E-state index >= 15 is 0 Å². The van der Waals surface area contributed by atoms with Gasteiger partial charge < -0.3 is 19.3 Å². The van der Waals surface area contributed by atoms with E-state index in [0.717, 1.165) is 23.3 Å². The quantitative estimate of drug-likeness (QED) is 0.842. The number of aliphatic hydroxyl groups excluding tert-OH is 1. The van der Waals surface area contributed by atoms with E-state index in [0.29, 0.717) is 13.2 Å². The third-order valence-corrected chi connectivity index (χ3v) is 3.40. The minimum atomic E-state index is -0.588. The van der Waals surface area contributed by atoms with E-state index in [-0.39, 0.29) is 11.7 Å². The van der Waals surface area contributed by atoms with Crippen LogP contribution in [0.5, 0.6) is 5.75 Å². The largest absolute Gasteiger partial charge is 0.497 e. The SMILES string of the molecule is COc1ccc2c(c1)C(O)C(OCCOC(C)(C)C)C2. The van der Waals surface area contributed by atoms with Crippen LogP contribution in [-0.4, -0.2) is 37.1 Å². The van der Waals surface area contributed by atoms with Gasteiger partial charge in [-0.05, 0) is 44.0 Å². The predicted molar refractivity (Wildman–Crippen MR) is 77.1 cm³/mol. The second kappa shape index (κ2) is 6.12. The van der Waals surface area contributed by atoms with Gasteiger partial charge in [0.15, 0.2) is 0 Å². The molecule has 1 aromatic rings. The lowest BCUT2D eigenvalue weighted by molar-refractivity contribution is -0.0760. The Morgan fingerprint density at radius 3 is 2.65 bits per heavy atom. The minimum Gasteiger partial charge on any atom is -0.497 e. The summed E-state index contributed by atoms with van der Waals surface area (Å²) in [5.74, 6) is 0.763. The van der Waals surface area contributed by atoms with E-state index in [1.165, 1.54) is 0 Å². The summed E-state index contributed by atoms with van der Waals surface area (Å²) in [5.41, 5.74) is 1.87. The first kappa shape index (κ1) is 15.3. The Morgan fingerprint density at radius 2 is 2.00 bits per heavy atom. The van der Waals surface area contributed by atoms with Crippen LogP contribution >= 0.6 is 0 Å². The summed E-state index contributed by atoms with van der Waals surface area (Å²) in [6.45, 7) is 7.06. The molecular formula is C16H24O4.